The molecule has 0 aliphatic carbocycles. The Morgan fingerprint density at radius 2 is 1.18 bits per heavy atom. The van der Waals surface area contributed by atoms with E-state index >= 15 is 0 Å². The molecule has 0 aromatic heterocycles. The first-order valence-electron chi connectivity index (χ1n) is 7.35. The Labute approximate surface area is 120 Å². The lowest BCUT2D eigenvalue weighted by Crippen LogP contribution is -2.24. The molecule has 1 nitrogen and oxygen atoms in total. The molecular formula is C15H34BrN. The second-order valence-corrected chi connectivity index (χ2v) is 5.43. The van der Waals surface area contributed by atoms with E-state index < -0.39 is 0 Å². The van der Waals surface area contributed by atoms with Crippen LogP contribution >= 0.6 is 17.0 Å². The van der Waals surface area contributed by atoms with Crippen LogP contribution in [-0.2, 0) is 0 Å². The summed E-state index contributed by atoms with van der Waals surface area (Å²) in [5.41, 5.74) is 0. The highest BCUT2D eigenvalue weighted by Crippen LogP contribution is 2.12. The zero-order chi connectivity index (χ0) is 12.2. The lowest BCUT2D eigenvalue weighted by atomic mass is 10.0. The van der Waals surface area contributed by atoms with E-state index in [0.29, 0.717) is 0 Å². The fourth-order valence-corrected chi connectivity index (χ4v) is 2.01. The van der Waals surface area contributed by atoms with Gasteiger partial charge in [-0.2, -0.15) is 0 Å². The lowest BCUT2D eigenvalue weighted by molar-refractivity contribution is 0.291. The van der Waals surface area contributed by atoms with E-state index in [-0.39, 0.29) is 17.0 Å². The third-order valence-electron chi connectivity index (χ3n) is 3.61. The lowest BCUT2D eigenvalue weighted by Gasteiger charge is -2.19. The maximum atomic E-state index is 2.32. The molecular weight excluding hydrogens is 274 g/mol. The minimum absolute atomic E-state index is 0. The largest absolute Gasteiger partial charge is 0.307 e. The van der Waals surface area contributed by atoms with Gasteiger partial charge in [0.25, 0.3) is 0 Å². The van der Waals surface area contributed by atoms with Gasteiger partial charge in [-0.05, 0) is 27.4 Å². The normalized spacial score (nSPS) is 12.5. The zero-order valence-electron chi connectivity index (χ0n) is 12.5. The number of rotatable bonds is 11. The van der Waals surface area contributed by atoms with Crippen molar-refractivity contribution in [1.29, 1.82) is 0 Å². The molecule has 0 aliphatic heterocycles. The van der Waals surface area contributed by atoms with Crippen LogP contribution in [-0.4, -0.2) is 25.0 Å². The van der Waals surface area contributed by atoms with Crippen LogP contribution in [0.1, 0.15) is 78.1 Å². The number of halogens is 1. The molecule has 0 rings (SSSR count). The molecule has 0 N–H and O–H groups in total. The average Bonchev–Trinajstić information content (AvgIpc) is 2.26. The van der Waals surface area contributed by atoms with Gasteiger partial charge in [0.1, 0.15) is 0 Å². The summed E-state index contributed by atoms with van der Waals surface area (Å²) in [6.07, 6.45) is 14.3. The molecule has 0 saturated carbocycles. The first-order chi connectivity index (χ1) is 7.68. The van der Waals surface area contributed by atoms with Gasteiger partial charge < -0.3 is 4.90 Å². The molecule has 0 saturated heterocycles. The Balaban J connectivity index is 0. The van der Waals surface area contributed by atoms with E-state index in [1.165, 1.54) is 64.2 Å². The molecule has 0 heterocycles. The smallest absolute Gasteiger partial charge is 0.00608 e. The van der Waals surface area contributed by atoms with Crippen molar-refractivity contribution < 1.29 is 0 Å². The van der Waals surface area contributed by atoms with Crippen molar-refractivity contribution >= 4 is 17.0 Å². The molecule has 0 fully saturated rings. The van der Waals surface area contributed by atoms with E-state index in [1.54, 1.807) is 0 Å². The number of hydrogen-bond donors (Lipinski definition) is 0. The Hall–Kier alpha value is 0.440. The van der Waals surface area contributed by atoms with Crippen LogP contribution in [0.25, 0.3) is 0 Å². The van der Waals surface area contributed by atoms with Crippen molar-refractivity contribution in [3.05, 3.63) is 0 Å². The standard InChI is InChI=1S/C15H33N.BrH/c1-5-6-7-8-9-10-11-12-13-14-15(2)16(3)4;/h15H,5-14H2,1-4H3;1H. The molecule has 0 aromatic rings. The average molecular weight is 308 g/mol. The highest BCUT2D eigenvalue weighted by Gasteiger charge is 2.02. The van der Waals surface area contributed by atoms with Gasteiger partial charge in [0, 0.05) is 6.04 Å². The third-order valence-corrected chi connectivity index (χ3v) is 3.61. The van der Waals surface area contributed by atoms with Crippen LogP contribution < -0.4 is 0 Å². The van der Waals surface area contributed by atoms with Crippen LogP contribution in [0.4, 0.5) is 0 Å². The van der Waals surface area contributed by atoms with Gasteiger partial charge in [0.15, 0.2) is 0 Å². The van der Waals surface area contributed by atoms with Gasteiger partial charge in [-0.1, -0.05) is 64.7 Å². The quantitative estimate of drug-likeness (QED) is 0.460. The van der Waals surface area contributed by atoms with Crippen LogP contribution in [0.3, 0.4) is 0 Å². The fourth-order valence-electron chi connectivity index (χ4n) is 2.01. The number of hydrogen-bond acceptors (Lipinski definition) is 1. The summed E-state index contributed by atoms with van der Waals surface area (Å²) in [4.78, 5) is 2.32. The Morgan fingerprint density at radius 1 is 0.765 bits per heavy atom. The Bertz CT molecular complexity index is 137. The molecule has 17 heavy (non-hydrogen) atoms. The predicted molar refractivity (Wildman–Crippen MR) is 85.3 cm³/mol. The van der Waals surface area contributed by atoms with Crippen molar-refractivity contribution in [1.82, 2.24) is 4.90 Å². The van der Waals surface area contributed by atoms with Gasteiger partial charge >= 0.3 is 0 Å². The molecule has 0 aromatic carbocycles. The second-order valence-electron chi connectivity index (χ2n) is 5.43. The van der Waals surface area contributed by atoms with E-state index in [2.05, 4.69) is 32.8 Å². The van der Waals surface area contributed by atoms with E-state index in [4.69, 9.17) is 0 Å². The van der Waals surface area contributed by atoms with Gasteiger partial charge in [0.2, 0.25) is 0 Å². The van der Waals surface area contributed by atoms with Crippen molar-refractivity contribution in [2.45, 2.75) is 84.1 Å². The molecule has 0 radical (unpaired) electrons. The van der Waals surface area contributed by atoms with Crippen molar-refractivity contribution in [2.24, 2.45) is 0 Å². The summed E-state index contributed by atoms with van der Waals surface area (Å²) < 4.78 is 0. The molecule has 106 valence electrons. The summed E-state index contributed by atoms with van der Waals surface area (Å²) in [6, 6.07) is 0.754. The van der Waals surface area contributed by atoms with E-state index in [0.717, 1.165) is 6.04 Å². The molecule has 0 aliphatic rings. The molecule has 0 spiro atoms. The molecule has 1 atom stereocenters. The van der Waals surface area contributed by atoms with Crippen LogP contribution in [0.15, 0.2) is 0 Å². The summed E-state index contributed by atoms with van der Waals surface area (Å²) in [7, 11) is 4.36. The minimum atomic E-state index is 0. The third kappa shape index (κ3) is 14.4. The van der Waals surface area contributed by atoms with Gasteiger partial charge in [-0.15, -0.1) is 17.0 Å². The van der Waals surface area contributed by atoms with Crippen molar-refractivity contribution in [3.8, 4) is 0 Å². The van der Waals surface area contributed by atoms with Gasteiger partial charge in [-0.3, -0.25) is 0 Å². The highest BCUT2D eigenvalue weighted by atomic mass is 79.9. The Morgan fingerprint density at radius 3 is 1.59 bits per heavy atom. The molecule has 1 unspecified atom stereocenters. The summed E-state index contributed by atoms with van der Waals surface area (Å²) >= 11 is 0. The second kappa shape index (κ2) is 14.5. The predicted octanol–water partition coefficient (Wildman–Crippen LogP) is 5.44. The maximum Gasteiger partial charge on any atom is 0.00608 e. The van der Waals surface area contributed by atoms with Gasteiger partial charge in [0.05, 0.1) is 0 Å². The highest BCUT2D eigenvalue weighted by molar-refractivity contribution is 8.93. The monoisotopic (exact) mass is 307 g/mol. The first kappa shape index (κ1) is 19.8. The van der Waals surface area contributed by atoms with Crippen molar-refractivity contribution in [3.63, 3.8) is 0 Å². The maximum absolute atomic E-state index is 2.32. The zero-order valence-corrected chi connectivity index (χ0v) is 14.2. The Kier molecular flexibility index (Phi) is 16.9. The number of nitrogens with zero attached hydrogens (tertiary/aromatic N) is 1. The summed E-state index contributed by atoms with van der Waals surface area (Å²) in [5, 5.41) is 0. The van der Waals surface area contributed by atoms with Crippen molar-refractivity contribution in [2.75, 3.05) is 14.1 Å². The molecule has 0 amide bonds. The first-order valence-corrected chi connectivity index (χ1v) is 7.35. The number of unbranched alkanes of at least 4 members (excludes halogenated alkanes) is 8. The topological polar surface area (TPSA) is 3.24 Å². The minimum Gasteiger partial charge on any atom is -0.307 e. The SMILES string of the molecule is Br.CCCCCCCCCCCC(C)N(C)C. The van der Waals surface area contributed by atoms with Crippen LogP contribution in [0.5, 0.6) is 0 Å². The summed E-state index contributed by atoms with van der Waals surface area (Å²) in [5.74, 6) is 0. The van der Waals surface area contributed by atoms with Crippen LogP contribution in [0.2, 0.25) is 0 Å². The molecule has 2 heteroatoms. The van der Waals surface area contributed by atoms with Gasteiger partial charge in [-0.25, -0.2) is 0 Å². The fraction of sp³-hybridized carbons (Fsp3) is 1.00. The van der Waals surface area contributed by atoms with Crippen LogP contribution in [0, 0.1) is 0 Å². The van der Waals surface area contributed by atoms with E-state index in [1.807, 2.05) is 0 Å². The summed E-state index contributed by atoms with van der Waals surface area (Å²) in [6.45, 7) is 4.61. The van der Waals surface area contributed by atoms with E-state index in [9.17, 15) is 0 Å². The molecule has 0 bridgehead atoms.